The van der Waals surface area contributed by atoms with Crippen LogP contribution in [0.5, 0.6) is 0 Å². The fraction of sp³-hybridized carbons (Fsp3) is 0.538. The minimum Gasteiger partial charge on any atom is -0.478 e. The molecule has 0 amide bonds. The number of rotatable bonds is 4. The predicted molar refractivity (Wildman–Crippen MR) is 72.3 cm³/mol. The molecule has 4 N–H and O–H groups in total. The van der Waals surface area contributed by atoms with Crippen molar-refractivity contribution in [2.24, 2.45) is 0 Å². The van der Waals surface area contributed by atoms with Gasteiger partial charge in [0.05, 0.1) is 16.9 Å². The molecule has 1 saturated carbocycles. The van der Waals surface area contributed by atoms with Crippen LogP contribution in [0.3, 0.4) is 0 Å². The van der Waals surface area contributed by atoms with Gasteiger partial charge in [0.15, 0.2) is 5.82 Å². The number of anilines is 2. The molecule has 1 aromatic rings. The number of pyridine rings is 1. The van der Waals surface area contributed by atoms with E-state index in [1.165, 1.54) is 12.3 Å². The van der Waals surface area contributed by atoms with E-state index >= 15 is 0 Å². The van der Waals surface area contributed by atoms with Crippen molar-refractivity contribution in [2.45, 2.75) is 31.3 Å². The van der Waals surface area contributed by atoms with Gasteiger partial charge in [0.2, 0.25) is 0 Å². The number of nitrogens with zero attached hydrogens (tertiary/aromatic N) is 2. The lowest BCUT2D eigenvalue weighted by Crippen LogP contribution is -2.39. The molecule has 0 saturated heterocycles. The number of carbonyl (C=O) groups is 1. The van der Waals surface area contributed by atoms with Gasteiger partial charge in [-0.1, -0.05) is 12.8 Å². The molecule has 1 heterocycles. The van der Waals surface area contributed by atoms with Crippen molar-refractivity contribution in [3.8, 4) is 0 Å². The van der Waals surface area contributed by atoms with Crippen molar-refractivity contribution >= 4 is 17.5 Å². The van der Waals surface area contributed by atoms with E-state index < -0.39 is 11.6 Å². The Morgan fingerprint density at radius 1 is 1.53 bits per heavy atom. The van der Waals surface area contributed by atoms with Gasteiger partial charge in [-0.15, -0.1) is 0 Å². The Balaban J connectivity index is 2.21. The third-order valence-electron chi connectivity index (χ3n) is 3.63. The molecule has 0 radical (unpaired) electrons. The monoisotopic (exact) mass is 265 g/mol. The largest absolute Gasteiger partial charge is 0.478 e. The van der Waals surface area contributed by atoms with Crippen molar-refractivity contribution in [1.29, 1.82) is 0 Å². The standard InChI is InChI=1S/C13H19N3O3/c1-16(8-13(19)5-2-3-6-13)11-10(14)9(12(17)18)4-7-15-11/h4,7,19H,2-3,5-6,8,14H2,1H3,(H,17,18). The third-order valence-corrected chi connectivity index (χ3v) is 3.63. The van der Waals surface area contributed by atoms with Crippen molar-refractivity contribution in [1.82, 2.24) is 4.98 Å². The first-order chi connectivity index (χ1) is 8.93. The van der Waals surface area contributed by atoms with E-state index in [1.54, 1.807) is 11.9 Å². The molecule has 0 unspecified atom stereocenters. The second kappa shape index (κ2) is 5.05. The molecule has 1 fully saturated rings. The maximum absolute atomic E-state index is 11.0. The Labute approximate surface area is 111 Å². The van der Waals surface area contributed by atoms with Crippen LogP contribution in [0.2, 0.25) is 0 Å². The smallest absolute Gasteiger partial charge is 0.337 e. The molecule has 0 bridgehead atoms. The summed E-state index contributed by atoms with van der Waals surface area (Å²) in [6, 6.07) is 1.37. The van der Waals surface area contributed by atoms with Gasteiger partial charge in [-0.3, -0.25) is 0 Å². The summed E-state index contributed by atoms with van der Waals surface area (Å²) in [6.07, 6.45) is 4.97. The Morgan fingerprint density at radius 3 is 2.74 bits per heavy atom. The summed E-state index contributed by atoms with van der Waals surface area (Å²) < 4.78 is 0. The zero-order valence-electron chi connectivity index (χ0n) is 11.0. The van der Waals surface area contributed by atoms with Gasteiger partial charge in [-0.25, -0.2) is 9.78 Å². The summed E-state index contributed by atoms with van der Waals surface area (Å²) in [5, 5.41) is 19.4. The van der Waals surface area contributed by atoms with Gasteiger partial charge < -0.3 is 20.8 Å². The molecule has 19 heavy (non-hydrogen) atoms. The van der Waals surface area contributed by atoms with Gasteiger partial charge in [-0.2, -0.15) is 0 Å². The van der Waals surface area contributed by atoms with Gasteiger partial charge in [0.1, 0.15) is 0 Å². The summed E-state index contributed by atoms with van der Waals surface area (Å²) in [5.74, 6) is -0.672. The Bertz CT molecular complexity index is 484. The van der Waals surface area contributed by atoms with Gasteiger partial charge in [-0.05, 0) is 18.9 Å². The Kier molecular flexibility index (Phi) is 3.61. The number of hydrogen-bond donors (Lipinski definition) is 3. The Morgan fingerprint density at radius 2 is 2.16 bits per heavy atom. The topological polar surface area (TPSA) is 99.7 Å². The highest BCUT2D eigenvalue weighted by atomic mass is 16.4. The molecule has 6 heteroatoms. The zero-order valence-corrected chi connectivity index (χ0v) is 11.0. The molecule has 104 valence electrons. The Hall–Kier alpha value is -1.82. The number of aromatic nitrogens is 1. The first-order valence-corrected chi connectivity index (χ1v) is 6.34. The quantitative estimate of drug-likeness (QED) is 0.754. The number of carboxylic acid groups (broad SMARTS) is 1. The van der Waals surface area contributed by atoms with Gasteiger partial charge in [0, 0.05) is 19.8 Å². The summed E-state index contributed by atoms with van der Waals surface area (Å²) in [7, 11) is 1.76. The average Bonchev–Trinajstić information content (AvgIpc) is 2.75. The van der Waals surface area contributed by atoms with Crippen LogP contribution in [0.25, 0.3) is 0 Å². The molecule has 1 aliphatic carbocycles. The van der Waals surface area contributed by atoms with Crippen LogP contribution in [0.15, 0.2) is 12.3 Å². The molecule has 0 atom stereocenters. The highest BCUT2D eigenvalue weighted by Crippen LogP contribution is 2.32. The molecule has 0 aliphatic heterocycles. The molecule has 6 nitrogen and oxygen atoms in total. The fourth-order valence-corrected chi connectivity index (χ4v) is 2.66. The van der Waals surface area contributed by atoms with E-state index in [9.17, 15) is 9.90 Å². The number of hydrogen-bond acceptors (Lipinski definition) is 5. The van der Waals surface area contributed by atoms with E-state index in [0.29, 0.717) is 12.4 Å². The lowest BCUT2D eigenvalue weighted by Gasteiger charge is -2.30. The fourth-order valence-electron chi connectivity index (χ4n) is 2.66. The van der Waals surface area contributed by atoms with Gasteiger partial charge >= 0.3 is 5.97 Å². The molecular weight excluding hydrogens is 246 g/mol. The average molecular weight is 265 g/mol. The maximum Gasteiger partial charge on any atom is 0.337 e. The number of nitrogens with two attached hydrogens (primary N) is 1. The summed E-state index contributed by atoms with van der Waals surface area (Å²) >= 11 is 0. The molecule has 2 rings (SSSR count). The highest BCUT2D eigenvalue weighted by Gasteiger charge is 2.33. The highest BCUT2D eigenvalue weighted by molar-refractivity contribution is 5.96. The SMILES string of the molecule is CN(CC1(O)CCCC1)c1nccc(C(=O)O)c1N. The minimum absolute atomic E-state index is 0.0373. The molecule has 1 aliphatic rings. The number of aromatic carboxylic acids is 1. The van der Waals surface area contributed by atoms with E-state index in [2.05, 4.69) is 4.98 Å². The second-order valence-corrected chi connectivity index (χ2v) is 5.19. The van der Waals surface area contributed by atoms with E-state index in [4.69, 9.17) is 10.8 Å². The van der Waals surface area contributed by atoms with Crippen LogP contribution in [0.1, 0.15) is 36.0 Å². The van der Waals surface area contributed by atoms with Crippen LogP contribution in [-0.4, -0.2) is 40.4 Å². The lowest BCUT2D eigenvalue weighted by molar-refractivity contribution is 0.0558. The van der Waals surface area contributed by atoms with Crippen molar-refractivity contribution in [2.75, 3.05) is 24.2 Å². The summed E-state index contributed by atoms with van der Waals surface area (Å²) in [5.41, 5.74) is 5.29. The maximum atomic E-state index is 11.0. The number of carboxylic acids is 1. The van der Waals surface area contributed by atoms with E-state index in [0.717, 1.165) is 25.7 Å². The number of aliphatic hydroxyl groups is 1. The van der Waals surface area contributed by atoms with Crippen LogP contribution in [0, 0.1) is 0 Å². The summed E-state index contributed by atoms with van der Waals surface area (Å²) in [6.45, 7) is 0.410. The van der Waals surface area contributed by atoms with Crippen LogP contribution in [-0.2, 0) is 0 Å². The minimum atomic E-state index is -1.07. The molecule has 1 aromatic heterocycles. The zero-order chi connectivity index (χ0) is 14.0. The van der Waals surface area contributed by atoms with Crippen molar-refractivity contribution in [3.63, 3.8) is 0 Å². The first kappa shape index (κ1) is 13.6. The van der Waals surface area contributed by atoms with Crippen LogP contribution in [0.4, 0.5) is 11.5 Å². The van der Waals surface area contributed by atoms with Crippen molar-refractivity contribution in [3.05, 3.63) is 17.8 Å². The number of likely N-dealkylation sites (N-methyl/N-ethyl adjacent to an activating group) is 1. The van der Waals surface area contributed by atoms with Crippen molar-refractivity contribution < 1.29 is 15.0 Å². The summed E-state index contributed by atoms with van der Waals surface area (Å²) in [4.78, 5) is 16.9. The van der Waals surface area contributed by atoms with Crippen LogP contribution >= 0.6 is 0 Å². The van der Waals surface area contributed by atoms with E-state index in [1.807, 2.05) is 0 Å². The molecule has 0 spiro atoms. The molecule has 0 aromatic carbocycles. The molecular formula is C13H19N3O3. The number of nitrogen functional groups attached to an aromatic ring is 1. The van der Waals surface area contributed by atoms with E-state index in [-0.39, 0.29) is 11.3 Å². The lowest BCUT2D eigenvalue weighted by atomic mass is 10.0. The normalized spacial score (nSPS) is 17.4. The first-order valence-electron chi connectivity index (χ1n) is 6.34. The third kappa shape index (κ3) is 2.78. The second-order valence-electron chi connectivity index (χ2n) is 5.19. The van der Waals surface area contributed by atoms with Crippen LogP contribution < -0.4 is 10.6 Å². The predicted octanol–water partition coefficient (Wildman–Crippen LogP) is 1.10. The van der Waals surface area contributed by atoms with Gasteiger partial charge in [0.25, 0.3) is 0 Å².